The van der Waals surface area contributed by atoms with Crippen molar-refractivity contribution in [2.45, 2.75) is 6.10 Å². The van der Waals surface area contributed by atoms with Crippen LogP contribution in [0.25, 0.3) is 0 Å². The minimum absolute atomic E-state index is 0.00955. The predicted octanol–water partition coefficient (Wildman–Crippen LogP) is 0.487. The molecule has 0 bridgehead atoms. The van der Waals surface area contributed by atoms with E-state index in [0.29, 0.717) is 0 Å². The van der Waals surface area contributed by atoms with Gasteiger partial charge in [-0.2, -0.15) is 25.3 Å². The van der Waals surface area contributed by atoms with Gasteiger partial charge in [0.2, 0.25) is 0 Å². The molecular weight excluding hydrogens is 224 g/mol. The lowest BCUT2D eigenvalue weighted by molar-refractivity contribution is -0.152. The molecule has 6 heteroatoms. The molecule has 0 heterocycles. The Hall–Kier alpha value is -0.620. The van der Waals surface area contributed by atoms with Gasteiger partial charge in [-0.3, -0.25) is 9.59 Å². The fraction of sp³-hybridized carbons (Fsp3) is 0.500. The van der Waals surface area contributed by atoms with Gasteiger partial charge < -0.3 is 9.47 Å². The molecule has 1 unspecified atom stereocenters. The van der Waals surface area contributed by atoms with Gasteiger partial charge in [-0.1, -0.05) is 6.58 Å². The third-order valence-electron chi connectivity index (χ3n) is 1.21. The quantitative estimate of drug-likeness (QED) is 0.400. The fourth-order valence-electron chi connectivity index (χ4n) is 0.577. The number of carbonyl (C=O) groups is 2. The second-order valence-corrected chi connectivity index (χ2v) is 2.90. The van der Waals surface area contributed by atoms with Crippen LogP contribution < -0.4 is 0 Å². The molecule has 0 N–H and O–H groups in total. The number of ether oxygens (including phenoxy) is 2. The van der Waals surface area contributed by atoms with Crippen molar-refractivity contribution in [3.63, 3.8) is 0 Å². The van der Waals surface area contributed by atoms with Crippen LogP contribution in [0.5, 0.6) is 0 Å². The Kier molecular flexibility index (Phi) is 7.41. The van der Waals surface area contributed by atoms with Crippen molar-refractivity contribution < 1.29 is 19.1 Å². The van der Waals surface area contributed by atoms with Crippen LogP contribution >= 0.6 is 25.3 Å². The molecule has 0 radical (unpaired) electrons. The van der Waals surface area contributed by atoms with Gasteiger partial charge in [0.25, 0.3) is 0 Å². The molecule has 0 saturated heterocycles. The summed E-state index contributed by atoms with van der Waals surface area (Å²) in [4.78, 5) is 21.5. The average Bonchev–Trinajstić information content (AvgIpc) is 2.22. The van der Waals surface area contributed by atoms with Crippen LogP contribution in [0.2, 0.25) is 0 Å². The Balaban J connectivity index is 3.85. The van der Waals surface area contributed by atoms with Crippen LogP contribution in [0.3, 0.4) is 0 Å². The van der Waals surface area contributed by atoms with Gasteiger partial charge in [0, 0.05) is 0 Å². The molecule has 1 atom stereocenters. The van der Waals surface area contributed by atoms with Crippen molar-refractivity contribution in [1.82, 2.24) is 0 Å². The molecule has 0 aliphatic heterocycles. The first-order valence-electron chi connectivity index (χ1n) is 3.83. The highest BCUT2D eigenvalue weighted by Crippen LogP contribution is 1.97. The standard InChI is InChI=1S/C8H12O4S2/c1-2-6(12-8(10)5-14)3-11-7(9)4-13/h2,6,13-14H,1,3-5H2. The third kappa shape index (κ3) is 5.93. The van der Waals surface area contributed by atoms with Gasteiger partial charge >= 0.3 is 11.9 Å². The van der Waals surface area contributed by atoms with Crippen molar-refractivity contribution in [3.05, 3.63) is 12.7 Å². The van der Waals surface area contributed by atoms with E-state index >= 15 is 0 Å². The van der Waals surface area contributed by atoms with Gasteiger partial charge in [-0.15, -0.1) is 0 Å². The zero-order valence-corrected chi connectivity index (χ0v) is 9.30. The van der Waals surface area contributed by atoms with E-state index < -0.39 is 18.0 Å². The molecule has 0 saturated carbocycles. The largest absolute Gasteiger partial charge is 0.461 e. The lowest BCUT2D eigenvalue weighted by atomic mass is 10.4. The normalized spacial score (nSPS) is 11.6. The van der Waals surface area contributed by atoms with Crippen LogP contribution in [0.1, 0.15) is 0 Å². The molecule has 0 aromatic heterocycles. The Labute approximate surface area is 93.5 Å². The van der Waals surface area contributed by atoms with E-state index in [9.17, 15) is 9.59 Å². The average molecular weight is 236 g/mol. The predicted molar refractivity (Wildman–Crippen MR) is 58.7 cm³/mol. The van der Waals surface area contributed by atoms with E-state index in [1.807, 2.05) is 0 Å². The van der Waals surface area contributed by atoms with Crippen molar-refractivity contribution in [1.29, 1.82) is 0 Å². The summed E-state index contributed by atoms with van der Waals surface area (Å²) >= 11 is 7.44. The zero-order chi connectivity index (χ0) is 11.0. The minimum Gasteiger partial charge on any atom is -0.461 e. The first-order chi connectivity index (χ1) is 6.63. The maximum atomic E-state index is 10.8. The second kappa shape index (κ2) is 7.75. The Bertz CT molecular complexity index is 217. The smallest absolute Gasteiger partial charge is 0.316 e. The summed E-state index contributed by atoms with van der Waals surface area (Å²) in [6, 6.07) is 0. The molecule has 0 spiro atoms. The van der Waals surface area contributed by atoms with Crippen LogP contribution in [0, 0.1) is 0 Å². The topological polar surface area (TPSA) is 52.6 Å². The number of hydrogen-bond acceptors (Lipinski definition) is 6. The monoisotopic (exact) mass is 236 g/mol. The maximum Gasteiger partial charge on any atom is 0.316 e. The van der Waals surface area contributed by atoms with Crippen molar-refractivity contribution in [2.24, 2.45) is 0 Å². The summed E-state index contributed by atoms with van der Waals surface area (Å²) in [6.45, 7) is 3.40. The lowest BCUT2D eigenvalue weighted by Crippen LogP contribution is -2.24. The summed E-state index contributed by atoms with van der Waals surface area (Å²) in [5.41, 5.74) is 0. The highest BCUT2D eigenvalue weighted by Gasteiger charge is 2.11. The Morgan fingerprint density at radius 2 is 1.86 bits per heavy atom. The molecule has 0 aromatic rings. The molecule has 0 amide bonds. The first-order valence-corrected chi connectivity index (χ1v) is 5.10. The number of rotatable bonds is 6. The van der Waals surface area contributed by atoms with Crippen molar-refractivity contribution >= 4 is 37.2 Å². The summed E-state index contributed by atoms with van der Waals surface area (Å²) in [5.74, 6) is -0.989. The number of esters is 2. The Morgan fingerprint density at radius 1 is 1.29 bits per heavy atom. The van der Waals surface area contributed by atoms with Crippen molar-refractivity contribution in [2.75, 3.05) is 18.1 Å². The van der Waals surface area contributed by atoms with Crippen LogP contribution in [0.15, 0.2) is 12.7 Å². The van der Waals surface area contributed by atoms with Crippen LogP contribution in [0.4, 0.5) is 0 Å². The highest BCUT2D eigenvalue weighted by atomic mass is 32.1. The zero-order valence-electron chi connectivity index (χ0n) is 7.51. The molecule has 4 nitrogen and oxygen atoms in total. The van der Waals surface area contributed by atoms with Gasteiger partial charge in [-0.05, 0) is 6.08 Å². The molecule has 14 heavy (non-hydrogen) atoms. The second-order valence-electron chi connectivity index (χ2n) is 2.26. The molecule has 0 aromatic carbocycles. The van der Waals surface area contributed by atoms with E-state index in [1.165, 1.54) is 6.08 Å². The first kappa shape index (κ1) is 13.4. The summed E-state index contributed by atoms with van der Waals surface area (Å²) < 4.78 is 9.51. The van der Waals surface area contributed by atoms with E-state index in [2.05, 4.69) is 31.8 Å². The Morgan fingerprint density at radius 3 is 2.29 bits per heavy atom. The molecule has 80 valence electrons. The van der Waals surface area contributed by atoms with Crippen LogP contribution in [-0.4, -0.2) is 36.2 Å². The molecule has 0 aliphatic rings. The molecular formula is C8H12O4S2. The van der Waals surface area contributed by atoms with E-state index in [-0.39, 0.29) is 18.1 Å². The third-order valence-corrected chi connectivity index (χ3v) is 1.73. The highest BCUT2D eigenvalue weighted by molar-refractivity contribution is 7.81. The van der Waals surface area contributed by atoms with Crippen LogP contribution in [-0.2, 0) is 19.1 Å². The molecule has 0 fully saturated rings. The van der Waals surface area contributed by atoms with Gasteiger partial charge in [0.1, 0.15) is 6.61 Å². The molecule has 0 aliphatic carbocycles. The van der Waals surface area contributed by atoms with Gasteiger partial charge in [0.15, 0.2) is 6.10 Å². The summed E-state index contributed by atoms with van der Waals surface area (Å²) in [7, 11) is 0. The number of thiol groups is 2. The number of hydrogen-bond donors (Lipinski definition) is 2. The number of carbonyl (C=O) groups excluding carboxylic acids is 2. The minimum atomic E-state index is -0.626. The van der Waals surface area contributed by atoms with E-state index in [0.717, 1.165) is 0 Å². The fourth-order valence-corrected chi connectivity index (χ4v) is 0.743. The summed E-state index contributed by atoms with van der Waals surface area (Å²) in [6.07, 6.45) is 0.756. The summed E-state index contributed by atoms with van der Waals surface area (Å²) in [5, 5.41) is 0. The lowest BCUT2D eigenvalue weighted by Gasteiger charge is -2.12. The molecule has 0 rings (SSSR count). The van der Waals surface area contributed by atoms with E-state index in [1.54, 1.807) is 0 Å². The van der Waals surface area contributed by atoms with Crippen molar-refractivity contribution in [3.8, 4) is 0 Å². The van der Waals surface area contributed by atoms with Gasteiger partial charge in [-0.25, -0.2) is 0 Å². The van der Waals surface area contributed by atoms with E-state index in [4.69, 9.17) is 9.47 Å². The van der Waals surface area contributed by atoms with Gasteiger partial charge in [0.05, 0.1) is 11.5 Å². The SMILES string of the molecule is C=CC(COC(=O)CS)OC(=O)CS. The maximum absolute atomic E-state index is 10.8.